The number of anilines is 1. The fourth-order valence-electron chi connectivity index (χ4n) is 1.60. The summed E-state index contributed by atoms with van der Waals surface area (Å²) in [5, 5.41) is 3.38. The molecule has 0 bridgehead atoms. The van der Waals surface area contributed by atoms with Crippen LogP contribution in [-0.4, -0.2) is 6.54 Å². The van der Waals surface area contributed by atoms with E-state index in [1.807, 2.05) is 0 Å². The molecule has 0 spiro atoms. The highest BCUT2D eigenvalue weighted by Crippen LogP contribution is 2.24. The first-order valence-electron chi connectivity index (χ1n) is 4.60. The van der Waals surface area contributed by atoms with Gasteiger partial charge in [-0.15, -0.1) is 0 Å². The fourth-order valence-corrected chi connectivity index (χ4v) is 1.60. The number of nitrogens with one attached hydrogen (secondary N) is 1. The molecule has 0 atom stereocenters. The molecule has 2 rings (SSSR count). The van der Waals surface area contributed by atoms with Gasteiger partial charge in [0, 0.05) is 12.2 Å². The molecule has 1 nitrogen and oxygen atoms in total. The number of fused-ring (bicyclic) bond motifs is 1. The summed E-state index contributed by atoms with van der Waals surface area (Å²) in [6, 6.07) is 6.66. The zero-order chi connectivity index (χ0) is 8.39. The molecule has 1 aromatic rings. The van der Waals surface area contributed by atoms with E-state index in [-0.39, 0.29) is 0 Å². The lowest BCUT2D eigenvalue weighted by molar-refractivity contribution is 0.967. The van der Waals surface area contributed by atoms with Crippen molar-refractivity contribution < 1.29 is 0 Å². The predicted molar refractivity (Wildman–Crippen MR) is 52.3 cm³/mol. The van der Waals surface area contributed by atoms with Crippen molar-refractivity contribution in [3.63, 3.8) is 0 Å². The van der Waals surface area contributed by atoms with Crippen LogP contribution in [0.4, 0.5) is 5.69 Å². The van der Waals surface area contributed by atoms with Gasteiger partial charge in [0.25, 0.3) is 0 Å². The lowest BCUT2D eigenvalue weighted by Crippen LogP contribution is -2.10. The zero-order valence-corrected chi connectivity index (χ0v) is 7.43. The number of hydrogen-bond donors (Lipinski definition) is 1. The molecule has 0 aromatic heterocycles. The molecule has 0 aliphatic carbocycles. The Morgan fingerprint density at radius 1 is 1.42 bits per heavy atom. The van der Waals surface area contributed by atoms with Crippen molar-refractivity contribution in [3.8, 4) is 0 Å². The molecule has 1 heteroatoms. The molecular weight excluding hydrogens is 146 g/mol. The molecule has 0 saturated carbocycles. The van der Waals surface area contributed by atoms with E-state index in [2.05, 4.69) is 36.9 Å². The third-order valence-corrected chi connectivity index (χ3v) is 2.35. The summed E-state index contributed by atoms with van der Waals surface area (Å²) in [6.07, 6.45) is 4.59. The molecule has 0 fully saturated rings. The highest BCUT2D eigenvalue weighted by molar-refractivity contribution is 5.57. The zero-order valence-electron chi connectivity index (χ0n) is 7.43. The molecule has 1 heterocycles. The third kappa shape index (κ3) is 1.31. The maximum absolute atomic E-state index is 3.38. The standard InChI is InChI=1S/C11H14N/c1-2-9-5-6-11-10(8-9)4-3-7-12-11/h4-6,8,12H,2-3,7H2,1H3. The molecular formula is C11H14N. The average Bonchev–Trinajstić information content (AvgIpc) is 2.17. The first-order chi connectivity index (χ1) is 5.90. The van der Waals surface area contributed by atoms with Gasteiger partial charge in [-0.3, -0.25) is 0 Å². The van der Waals surface area contributed by atoms with Gasteiger partial charge in [-0.2, -0.15) is 0 Å². The highest BCUT2D eigenvalue weighted by Gasteiger charge is 2.07. The molecule has 1 aliphatic heterocycles. The topological polar surface area (TPSA) is 12.0 Å². The van der Waals surface area contributed by atoms with Gasteiger partial charge >= 0.3 is 0 Å². The van der Waals surface area contributed by atoms with E-state index in [0.29, 0.717) is 0 Å². The molecule has 1 aliphatic rings. The first kappa shape index (κ1) is 7.66. The van der Waals surface area contributed by atoms with Gasteiger partial charge in [-0.25, -0.2) is 0 Å². The normalized spacial score (nSPS) is 15.1. The van der Waals surface area contributed by atoms with Crippen molar-refractivity contribution in [1.29, 1.82) is 0 Å². The Balaban J connectivity index is 2.36. The largest absolute Gasteiger partial charge is 0.385 e. The second-order valence-corrected chi connectivity index (χ2v) is 3.19. The quantitative estimate of drug-likeness (QED) is 0.666. The minimum Gasteiger partial charge on any atom is -0.385 e. The summed E-state index contributed by atoms with van der Waals surface area (Å²) in [5.74, 6) is 0. The first-order valence-corrected chi connectivity index (χ1v) is 4.60. The summed E-state index contributed by atoms with van der Waals surface area (Å²) >= 11 is 0. The van der Waals surface area contributed by atoms with E-state index >= 15 is 0 Å². The van der Waals surface area contributed by atoms with Crippen LogP contribution in [-0.2, 0) is 6.42 Å². The van der Waals surface area contributed by atoms with E-state index in [0.717, 1.165) is 19.4 Å². The molecule has 0 unspecified atom stereocenters. The van der Waals surface area contributed by atoms with Crippen LogP contribution in [0.1, 0.15) is 24.5 Å². The molecule has 0 amide bonds. The van der Waals surface area contributed by atoms with Crippen LogP contribution >= 0.6 is 0 Å². The van der Waals surface area contributed by atoms with E-state index in [9.17, 15) is 0 Å². The maximum Gasteiger partial charge on any atom is 0.0375 e. The predicted octanol–water partition coefficient (Wildman–Crippen LogP) is 2.62. The second-order valence-electron chi connectivity index (χ2n) is 3.19. The average molecular weight is 160 g/mol. The van der Waals surface area contributed by atoms with Crippen LogP contribution in [0.15, 0.2) is 18.2 Å². The Kier molecular flexibility index (Phi) is 2.03. The van der Waals surface area contributed by atoms with Crippen molar-refractivity contribution >= 4 is 5.69 Å². The van der Waals surface area contributed by atoms with Gasteiger partial charge in [0.1, 0.15) is 0 Å². The van der Waals surface area contributed by atoms with E-state index in [1.54, 1.807) is 0 Å². The number of rotatable bonds is 1. The molecule has 63 valence electrons. The summed E-state index contributed by atoms with van der Waals surface area (Å²) < 4.78 is 0. The number of hydrogen-bond acceptors (Lipinski definition) is 1. The van der Waals surface area contributed by atoms with Gasteiger partial charge in [0.2, 0.25) is 0 Å². The van der Waals surface area contributed by atoms with Crippen molar-refractivity contribution in [2.24, 2.45) is 0 Å². The van der Waals surface area contributed by atoms with Crippen molar-refractivity contribution in [3.05, 3.63) is 35.7 Å². The van der Waals surface area contributed by atoms with Gasteiger partial charge < -0.3 is 5.32 Å². The molecule has 0 saturated heterocycles. The Morgan fingerprint density at radius 2 is 2.33 bits per heavy atom. The van der Waals surface area contributed by atoms with Crippen LogP contribution in [0.5, 0.6) is 0 Å². The molecule has 1 N–H and O–H groups in total. The van der Waals surface area contributed by atoms with Gasteiger partial charge in [0.15, 0.2) is 0 Å². The monoisotopic (exact) mass is 160 g/mol. The Bertz CT molecular complexity index is 278. The van der Waals surface area contributed by atoms with Gasteiger partial charge in [0.05, 0.1) is 0 Å². The lowest BCUT2D eigenvalue weighted by atomic mass is 10.00. The van der Waals surface area contributed by atoms with E-state index < -0.39 is 0 Å². The minimum atomic E-state index is 1.08. The van der Waals surface area contributed by atoms with Crippen LogP contribution < -0.4 is 5.32 Å². The van der Waals surface area contributed by atoms with Crippen molar-refractivity contribution in [2.75, 3.05) is 11.9 Å². The Labute approximate surface area is 73.8 Å². The SMILES string of the molecule is CCc1ccc2c(c1)[CH]CCN2. The smallest absolute Gasteiger partial charge is 0.0375 e. The van der Waals surface area contributed by atoms with Crippen molar-refractivity contribution in [1.82, 2.24) is 0 Å². The Hall–Kier alpha value is -0.980. The van der Waals surface area contributed by atoms with Gasteiger partial charge in [-0.1, -0.05) is 19.1 Å². The lowest BCUT2D eigenvalue weighted by Gasteiger charge is -2.17. The number of aryl methyl sites for hydroxylation is 1. The van der Waals surface area contributed by atoms with Crippen molar-refractivity contribution in [2.45, 2.75) is 19.8 Å². The minimum absolute atomic E-state index is 1.08. The van der Waals surface area contributed by atoms with Crippen LogP contribution in [0, 0.1) is 6.42 Å². The molecule has 1 radical (unpaired) electrons. The highest BCUT2D eigenvalue weighted by atomic mass is 14.9. The third-order valence-electron chi connectivity index (χ3n) is 2.35. The van der Waals surface area contributed by atoms with E-state index in [4.69, 9.17) is 0 Å². The molecule has 1 aromatic carbocycles. The Morgan fingerprint density at radius 3 is 3.17 bits per heavy atom. The second kappa shape index (κ2) is 3.18. The summed E-state index contributed by atoms with van der Waals surface area (Å²) in [6.45, 7) is 3.27. The number of benzene rings is 1. The maximum atomic E-state index is 3.38. The molecule has 12 heavy (non-hydrogen) atoms. The van der Waals surface area contributed by atoms with Gasteiger partial charge in [-0.05, 0) is 36.5 Å². The van der Waals surface area contributed by atoms with Crippen LogP contribution in [0.25, 0.3) is 0 Å². The summed E-state index contributed by atoms with van der Waals surface area (Å²) in [7, 11) is 0. The summed E-state index contributed by atoms with van der Waals surface area (Å²) in [4.78, 5) is 0. The van der Waals surface area contributed by atoms with Crippen LogP contribution in [0.2, 0.25) is 0 Å². The summed E-state index contributed by atoms with van der Waals surface area (Å²) in [5.41, 5.74) is 4.09. The van der Waals surface area contributed by atoms with Crippen LogP contribution in [0.3, 0.4) is 0 Å². The fraction of sp³-hybridized carbons (Fsp3) is 0.364. The van der Waals surface area contributed by atoms with E-state index in [1.165, 1.54) is 16.8 Å².